The average molecular weight is 182 g/mol. The Morgan fingerprint density at radius 3 is 2.77 bits per heavy atom. The van der Waals surface area contributed by atoms with Crippen LogP contribution in [-0.2, 0) is 0 Å². The van der Waals surface area contributed by atoms with Crippen LogP contribution in [0.5, 0.6) is 0 Å². The van der Waals surface area contributed by atoms with Crippen molar-refractivity contribution in [3.63, 3.8) is 0 Å². The van der Waals surface area contributed by atoms with Gasteiger partial charge in [-0.05, 0) is 31.2 Å². The van der Waals surface area contributed by atoms with E-state index in [1.54, 1.807) is 0 Å². The summed E-state index contributed by atoms with van der Waals surface area (Å²) in [6, 6.07) is 0.793. The topological polar surface area (TPSA) is 15.3 Å². The average Bonchev–Trinajstić information content (AvgIpc) is 2.54. The van der Waals surface area contributed by atoms with Crippen LogP contribution in [0.2, 0.25) is 0 Å². The van der Waals surface area contributed by atoms with Crippen molar-refractivity contribution >= 4 is 0 Å². The summed E-state index contributed by atoms with van der Waals surface area (Å²) in [5.41, 5.74) is 0.638. The van der Waals surface area contributed by atoms with Crippen molar-refractivity contribution in [1.29, 1.82) is 0 Å². The Morgan fingerprint density at radius 2 is 2.23 bits per heavy atom. The number of hydrogen-bond donors (Lipinski definition) is 1. The first-order chi connectivity index (χ1) is 6.22. The van der Waals surface area contributed by atoms with Crippen LogP contribution in [0.25, 0.3) is 0 Å². The first-order valence-corrected chi connectivity index (χ1v) is 5.68. The number of hydrogen-bond acceptors (Lipinski definition) is 2. The molecule has 2 aliphatic rings. The van der Waals surface area contributed by atoms with Crippen molar-refractivity contribution in [1.82, 2.24) is 10.2 Å². The molecule has 2 saturated heterocycles. The zero-order chi connectivity index (χ0) is 9.31. The molecule has 2 nitrogen and oxygen atoms in total. The third-order valence-electron chi connectivity index (χ3n) is 3.71. The fourth-order valence-corrected chi connectivity index (χ4v) is 2.61. The summed E-state index contributed by atoms with van der Waals surface area (Å²) in [5.74, 6) is 0. The third-order valence-corrected chi connectivity index (χ3v) is 3.71. The van der Waals surface area contributed by atoms with E-state index >= 15 is 0 Å². The summed E-state index contributed by atoms with van der Waals surface area (Å²) < 4.78 is 0. The van der Waals surface area contributed by atoms with Gasteiger partial charge in [-0.3, -0.25) is 0 Å². The molecule has 1 atom stereocenters. The first kappa shape index (κ1) is 9.47. The maximum atomic E-state index is 3.56. The maximum absolute atomic E-state index is 3.56. The molecule has 0 saturated carbocycles. The predicted octanol–water partition coefficient (Wildman–Crippen LogP) is 1.47. The Morgan fingerprint density at radius 1 is 1.46 bits per heavy atom. The van der Waals surface area contributed by atoms with Crippen molar-refractivity contribution < 1.29 is 0 Å². The molecule has 0 aromatic carbocycles. The van der Waals surface area contributed by atoms with Crippen LogP contribution in [0, 0.1) is 5.41 Å². The second-order valence-electron chi connectivity index (χ2n) is 5.13. The van der Waals surface area contributed by atoms with E-state index in [-0.39, 0.29) is 0 Å². The molecule has 0 spiro atoms. The van der Waals surface area contributed by atoms with Crippen LogP contribution in [0.3, 0.4) is 0 Å². The fraction of sp³-hybridized carbons (Fsp3) is 1.00. The standard InChI is InChI=1S/C11H22N2/c1-3-11(2)8-13(9-11)7-10-5-4-6-12-10/h10,12H,3-9H2,1-2H3. The predicted molar refractivity (Wildman–Crippen MR) is 55.9 cm³/mol. The maximum Gasteiger partial charge on any atom is 0.0195 e. The van der Waals surface area contributed by atoms with Gasteiger partial charge in [-0.15, -0.1) is 0 Å². The van der Waals surface area contributed by atoms with Crippen molar-refractivity contribution in [2.45, 2.75) is 39.2 Å². The summed E-state index contributed by atoms with van der Waals surface area (Å²) in [6.45, 7) is 9.89. The summed E-state index contributed by atoms with van der Waals surface area (Å²) in [7, 11) is 0. The zero-order valence-electron chi connectivity index (χ0n) is 8.97. The zero-order valence-corrected chi connectivity index (χ0v) is 8.97. The van der Waals surface area contributed by atoms with E-state index < -0.39 is 0 Å². The molecule has 2 fully saturated rings. The van der Waals surface area contributed by atoms with Crippen molar-refractivity contribution in [3.8, 4) is 0 Å². The van der Waals surface area contributed by atoms with Gasteiger partial charge in [0.05, 0.1) is 0 Å². The Balaban J connectivity index is 1.68. The number of likely N-dealkylation sites (tertiary alicyclic amines) is 1. The molecule has 2 aliphatic heterocycles. The lowest BCUT2D eigenvalue weighted by molar-refractivity contribution is 0.00736. The molecule has 1 N–H and O–H groups in total. The van der Waals surface area contributed by atoms with Gasteiger partial charge >= 0.3 is 0 Å². The second-order valence-corrected chi connectivity index (χ2v) is 5.13. The SMILES string of the molecule is CCC1(C)CN(CC2CCCN2)C1. The van der Waals surface area contributed by atoms with Gasteiger partial charge in [-0.2, -0.15) is 0 Å². The van der Waals surface area contributed by atoms with Gasteiger partial charge < -0.3 is 10.2 Å². The molecule has 2 rings (SSSR count). The minimum Gasteiger partial charge on any atom is -0.313 e. The van der Waals surface area contributed by atoms with Crippen LogP contribution in [0.4, 0.5) is 0 Å². The van der Waals surface area contributed by atoms with Crippen LogP contribution in [0.1, 0.15) is 33.1 Å². The third kappa shape index (κ3) is 2.05. The molecule has 0 bridgehead atoms. The lowest BCUT2D eigenvalue weighted by atomic mass is 9.79. The molecule has 2 heteroatoms. The molecular weight excluding hydrogens is 160 g/mol. The Bertz CT molecular complexity index is 167. The largest absolute Gasteiger partial charge is 0.313 e. The molecule has 76 valence electrons. The molecule has 2 heterocycles. The van der Waals surface area contributed by atoms with Gasteiger partial charge in [0.25, 0.3) is 0 Å². The number of nitrogens with zero attached hydrogens (tertiary/aromatic N) is 1. The van der Waals surface area contributed by atoms with Gasteiger partial charge in [0.1, 0.15) is 0 Å². The Kier molecular flexibility index (Phi) is 2.61. The van der Waals surface area contributed by atoms with Gasteiger partial charge in [0, 0.05) is 25.7 Å². The van der Waals surface area contributed by atoms with E-state index in [2.05, 4.69) is 24.1 Å². The van der Waals surface area contributed by atoms with Crippen molar-refractivity contribution in [2.75, 3.05) is 26.2 Å². The van der Waals surface area contributed by atoms with E-state index in [4.69, 9.17) is 0 Å². The van der Waals surface area contributed by atoms with Gasteiger partial charge in [-0.25, -0.2) is 0 Å². The van der Waals surface area contributed by atoms with Gasteiger partial charge in [-0.1, -0.05) is 13.8 Å². The van der Waals surface area contributed by atoms with E-state index in [9.17, 15) is 0 Å². The molecule has 0 aromatic rings. The summed E-state index contributed by atoms with van der Waals surface area (Å²) >= 11 is 0. The normalized spacial score (nSPS) is 33.2. The molecule has 0 aliphatic carbocycles. The number of nitrogens with one attached hydrogen (secondary N) is 1. The van der Waals surface area contributed by atoms with Crippen molar-refractivity contribution in [2.24, 2.45) is 5.41 Å². The van der Waals surface area contributed by atoms with Gasteiger partial charge in [0.2, 0.25) is 0 Å². The monoisotopic (exact) mass is 182 g/mol. The highest BCUT2D eigenvalue weighted by Gasteiger charge is 2.37. The van der Waals surface area contributed by atoms with Crippen LogP contribution in [0.15, 0.2) is 0 Å². The van der Waals surface area contributed by atoms with Crippen LogP contribution in [-0.4, -0.2) is 37.1 Å². The summed E-state index contributed by atoms with van der Waals surface area (Å²) in [6.07, 6.45) is 4.10. The summed E-state index contributed by atoms with van der Waals surface area (Å²) in [5, 5.41) is 3.56. The number of rotatable bonds is 3. The van der Waals surface area contributed by atoms with E-state index in [1.807, 2.05) is 0 Å². The lowest BCUT2D eigenvalue weighted by Gasteiger charge is -2.48. The quantitative estimate of drug-likeness (QED) is 0.711. The lowest BCUT2D eigenvalue weighted by Crippen LogP contribution is -2.57. The molecule has 13 heavy (non-hydrogen) atoms. The molecule has 0 radical (unpaired) electrons. The van der Waals surface area contributed by atoms with Crippen molar-refractivity contribution in [3.05, 3.63) is 0 Å². The van der Waals surface area contributed by atoms with Crippen LogP contribution < -0.4 is 5.32 Å². The molecular formula is C11H22N2. The fourth-order valence-electron chi connectivity index (χ4n) is 2.61. The summed E-state index contributed by atoms with van der Waals surface area (Å²) in [4.78, 5) is 2.60. The van der Waals surface area contributed by atoms with E-state index in [1.165, 1.54) is 45.4 Å². The van der Waals surface area contributed by atoms with E-state index in [0.717, 1.165) is 6.04 Å². The molecule has 0 amide bonds. The van der Waals surface area contributed by atoms with Crippen LogP contribution >= 0.6 is 0 Å². The molecule has 0 aromatic heterocycles. The smallest absolute Gasteiger partial charge is 0.0195 e. The Hall–Kier alpha value is -0.0800. The molecule has 1 unspecified atom stereocenters. The van der Waals surface area contributed by atoms with Gasteiger partial charge in [0.15, 0.2) is 0 Å². The minimum absolute atomic E-state index is 0.638. The highest BCUT2D eigenvalue weighted by molar-refractivity contribution is 4.92. The first-order valence-electron chi connectivity index (χ1n) is 5.68. The highest BCUT2D eigenvalue weighted by atomic mass is 15.2. The highest BCUT2D eigenvalue weighted by Crippen LogP contribution is 2.33. The minimum atomic E-state index is 0.638. The Labute approximate surface area is 81.7 Å². The second kappa shape index (κ2) is 3.58. The van der Waals surface area contributed by atoms with E-state index in [0.29, 0.717) is 5.41 Å².